The molecule has 1 aromatic rings. The normalized spacial score (nSPS) is 26.0. The highest BCUT2D eigenvalue weighted by molar-refractivity contribution is 9.15. The molecule has 132 valence electrons. The third-order valence-corrected chi connectivity index (χ3v) is 6.93. The number of rotatable bonds is 1. The lowest BCUT2D eigenvalue weighted by atomic mass is 9.74. The van der Waals surface area contributed by atoms with Crippen LogP contribution in [0.2, 0.25) is 0 Å². The van der Waals surface area contributed by atoms with E-state index in [0.717, 1.165) is 60.4 Å². The Labute approximate surface area is 158 Å². The first-order chi connectivity index (χ1) is 12.1. The predicted molar refractivity (Wildman–Crippen MR) is 101 cm³/mol. The molecule has 1 aromatic carbocycles. The molecule has 1 atom stereocenters. The van der Waals surface area contributed by atoms with Crippen LogP contribution in [-0.4, -0.2) is 19.0 Å². The number of benzene rings is 1. The van der Waals surface area contributed by atoms with Gasteiger partial charge in [-0.3, -0.25) is 0 Å². The van der Waals surface area contributed by atoms with Gasteiger partial charge in [-0.15, -0.1) is 0 Å². The number of nitrogens with zero attached hydrogens (tertiary/aromatic N) is 1. The first-order valence-corrected chi connectivity index (χ1v) is 10.1. The van der Waals surface area contributed by atoms with Crippen LogP contribution < -0.4 is 0 Å². The molecule has 1 saturated carbocycles. The van der Waals surface area contributed by atoms with Crippen LogP contribution in [0, 0.1) is 30.1 Å². The summed E-state index contributed by atoms with van der Waals surface area (Å²) >= 11 is 3.74. The molecule has 25 heavy (non-hydrogen) atoms. The largest absolute Gasteiger partial charge is 0.348 e. The highest BCUT2D eigenvalue weighted by Crippen LogP contribution is 2.44. The zero-order valence-electron chi connectivity index (χ0n) is 14.7. The van der Waals surface area contributed by atoms with Gasteiger partial charge in [0.05, 0.1) is 24.8 Å². The van der Waals surface area contributed by atoms with Crippen molar-refractivity contribution >= 4 is 20.4 Å². The number of nitriles is 1. The molecule has 0 N–H and O–H groups in total. The minimum Gasteiger partial charge on any atom is -0.348 e. The van der Waals surface area contributed by atoms with Crippen molar-refractivity contribution in [2.75, 3.05) is 13.2 Å². The van der Waals surface area contributed by atoms with Gasteiger partial charge in [0.1, 0.15) is 0 Å². The quantitative estimate of drug-likeness (QED) is 0.657. The van der Waals surface area contributed by atoms with Gasteiger partial charge in [0.25, 0.3) is 0 Å². The maximum absolute atomic E-state index is 9.32. The molecule has 2 fully saturated rings. The maximum atomic E-state index is 9.32. The molecular weight excluding hydrogens is 378 g/mol. The van der Waals surface area contributed by atoms with Crippen LogP contribution in [0.3, 0.4) is 0 Å². The van der Waals surface area contributed by atoms with Gasteiger partial charge in [0.15, 0.2) is 5.79 Å². The van der Waals surface area contributed by atoms with Crippen LogP contribution in [0.5, 0.6) is 0 Å². The minimum atomic E-state index is -0.270. The van der Waals surface area contributed by atoms with Crippen LogP contribution in [-0.2, 0) is 15.9 Å². The van der Waals surface area contributed by atoms with E-state index in [0.29, 0.717) is 5.92 Å². The lowest BCUT2D eigenvalue weighted by molar-refractivity contribution is -0.184. The molecule has 4 rings (SSSR count). The van der Waals surface area contributed by atoms with Gasteiger partial charge in [-0.05, 0) is 67.2 Å². The molecule has 1 heterocycles. The molecule has 1 aliphatic heterocycles. The lowest BCUT2D eigenvalue weighted by Gasteiger charge is -2.38. The average molecular weight is 402 g/mol. The monoisotopic (exact) mass is 401 g/mol. The highest BCUT2D eigenvalue weighted by atomic mass is 79.9. The Balaban J connectivity index is 1.54. The fourth-order valence-electron chi connectivity index (χ4n) is 4.71. The first-order valence-electron chi connectivity index (χ1n) is 9.28. The summed E-state index contributed by atoms with van der Waals surface area (Å²) in [4.78, 5) is 0. The third-order valence-electron chi connectivity index (χ3n) is 6.18. The van der Waals surface area contributed by atoms with Crippen molar-refractivity contribution in [1.82, 2.24) is 0 Å². The first kappa shape index (κ1) is 17.3. The van der Waals surface area contributed by atoms with E-state index >= 15 is 0 Å². The van der Waals surface area contributed by atoms with E-state index in [4.69, 9.17) is 9.47 Å². The number of hydrogen-bond acceptors (Lipinski definition) is 3. The Bertz CT molecular complexity index is 733. The fourth-order valence-corrected chi connectivity index (χ4v) is 5.26. The van der Waals surface area contributed by atoms with E-state index in [2.05, 4.69) is 34.1 Å². The van der Waals surface area contributed by atoms with Gasteiger partial charge in [0.2, 0.25) is 0 Å². The smallest absolute Gasteiger partial charge is 0.168 e. The van der Waals surface area contributed by atoms with E-state index in [1.54, 1.807) is 0 Å². The third kappa shape index (κ3) is 3.30. The van der Waals surface area contributed by atoms with Crippen LogP contribution in [0.4, 0.5) is 0 Å². The number of halogens is 1. The number of ether oxygens (including phenoxy) is 2. The van der Waals surface area contributed by atoms with Crippen LogP contribution in [0.25, 0.3) is 4.48 Å². The molecular formula is C21H24BrNO2. The summed E-state index contributed by atoms with van der Waals surface area (Å²) in [5.41, 5.74) is 4.42. The van der Waals surface area contributed by atoms with Crippen molar-refractivity contribution in [3.05, 3.63) is 40.5 Å². The molecule has 1 spiro atoms. The van der Waals surface area contributed by atoms with Crippen molar-refractivity contribution in [2.45, 2.75) is 51.2 Å². The second kappa shape index (κ2) is 6.87. The number of aryl methyl sites for hydroxylation is 1. The van der Waals surface area contributed by atoms with Crippen LogP contribution >= 0.6 is 15.9 Å². The Morgan fingerprint density at radius 1 is 1.16 bits per heavy atom. The fraction of sp³-hybridized carbons (Fsp3) is 0.571. The summed E-state index contributed by atoms with van der Waals surface area (Å²) in [7, 11) is 0. The van der Waals surface area contributed by atoms with Gasteiger partial charge in [-0.1, -0.05) is 28.1 Å². The number of fused-ring (bicyclic) bond motifs is 1. The summed E-state index contributed by atoms with van der Waals surface area (Å²) < 4.78 is 12.9. The Hall–Kier alpha value is -1.15. The van der Waals surface area contributed by atoms with E-state index in [1.165, 1.54) is 24.0 Å². The van der Waals surface area contributed by atoms with Gasteiger partial charge in [0, 0.05) is 17.3 Å². The van der Waals surface area contributed by atoms with E-state index in [-0.39, 0.29) is 5.79 Å². The molecule has 4 heteroatoms. The second-order valence-electron chi connectivity index (χ2n) is 7.63. The Morgan fingerprint density at radius 3 is 2.56 bits per heavy atom. The zero-order valence-corrected chi connectivity index (χ0v) is 16.3. The van der Waals surface area contributed by atoms with Gasteiger partial charge >= 0.3 is 0 Å². The van der Waals surface area contributed by atoms with Crippen molar-refractivity contribution in [3.63, 3.8) is 0 Å². The van der Waals surface area contributed by atoms with Gasteiger partial charge < -0.3 is 9.47 Å². The topological polar surface area (TPSA) is 42.2 Å². The van der Waals surface area contributed by atoms with E-state index in [9.17, 15) is 5.26 Å². The van der Waals surface area contributed by atoms with Crippen LogP contribution in [0.1, 0.15) is 54.4 Å². The van der Waals surface area contributed by atoms with Crippen LogP contribution in [0.15, 0.2) is 18.2 Å². The molecule has 2 aliphatic carbocycles. The molecule has 0 bridgehead atoms. The van der Waals surface area contributed by atoms with Crippen molar-refractivity contribution in [2.24, 2.45) is 11.8 Å². The summed E-state index contributed by atoms with van der Waals surface area (Å²) in [6, 6.07) is 6.58. The highest BCUT2D eigenvalue weighted by Gasteiger charge is 2.42. The van der Waals surface area contributed by atoms with E-state index < -0.39 is 0 Å². The predicted octanol–water partition coefficient (Wildman–Crippen LogP) is 5.10. The lowest BCUT2D eigenvalue weighted by Crippen LogP contribution is -2.37. The summed E-state index contributed by atoms with van der Waals surface area (Å²) in [5, 5.41) is 9.32. The summed E-state index contributed by atoms with van der Waals surface area (Å²) in [5.74, 6) is 1.10. The SMILES string of the molecule is Cc1cc2c(cc1C#N)C(Br)=CCC(C1CCC3(CC1)OCCO3)C2. The maximum Gasteiger partial charge on any atom is 0.168 e. The summed E-state index contributed by atoms with van der Waals surface area (Å²) in [6.45, 7) is 3.53. The number of allylic oxidation sites excluding steroid dienone is 1. The molecule has 0 aromatic heterocycles. The molecule has 3 nitrogen and oxygen atoms in total. The molecule has 3 aliphatic rings. The second-order valence-corrected chi connectivity index (χ2v) is 8.49. The average Bonchev–Trinajstić information content (AvgIpc) is 3.00. The molecule has 0 radical (unpaired) electrons. The van der Waals surface area contributed by atoms with Crippen molar-refractivity contribution < 1.29 is 9.47 Å². The van der Waals surface area contributed by atoms with Gasteiger partial charge in [-0.25, -0.2) is 0 Å². The Morgan fingerprint density at radius 2 is 1.88 bits per heavy atom. The van der Waals surface area contributed by atoms with Crippen molar-refractivity contribution in [3.8, 4) is 6.07 Å². The zero-order chi connectivity index (χ0) is 17.4. The standard InChI is InChI=1S/C21H24BrNO2/c1-14-10-17-11-16(2-3-20(22)19(17)12-18(14)13-23)15-4-6-21(7-5-15)24-8-9-25-21/h3,10,12,15-16H,2,4-9,11H2,1H3. The van der Waals surface area contributed by atoms with Crippen molar-refractivity contribution in [1.29, 1.82) is 5.26 Å². The molecule has 0 amide bonds. The van der Waals surface area contributed by atoms with Gasteiger partial charge in [-0.2, -0.15) is 5.26 Å². The Kier molecular flexibility index (Phi) is 4.75. The minimum absolute atomic E-state index is 0.270. The number of hydrogen-bond donors (Lipinski definition) is 0. The van der Waals surface area contributed by atoms with E-state index in [1.807, 2.05) is 13.0 Å². The molecule has 1 unspecified atom stereocenters. The molecule has 1 saturated heterocycles. The summed E-state index contributed by atoms with van der Waals surface area (Å²) in [6.07, 6.45) is 8.90.